The van der Waals surface area contributed by atoms with E-state index in [2.05, 4.69) is 14.7 Å². The lowest BCUT2D eigenvalue weighted by molar-refractivity contribution is -0.159. The van der Waals surface area contributed by atoms with Gasteiger partial charge in [-0.15, -0.1) is 0 Å². The Bertz CT molecular complexity index is 819. The van der Waals surface area contributed by atoms with Gasteiger partial charge in [0.2, 0.25) is 5.82 Å². The molecule has 1 atom stereocenters. The molecule has 1 N–H and O–H groups in total. The average Bonchev–Trinajstić information content (AvgIpc) is 3.12. The van der Waals surface area contributed by atoms with Gasteiger partial charge in [0.15, 0.2) is 6.10 Å². The standard InChI is InChI=1S/C15H12F3N3O5/c16-15(17,18)14-19-11(20-26-14)8-1-3-9(4-2-8)12(22)21-5-6-25-10(7-21)13(23)24/h1-4,10H,5-7H2,(H,23,24). The van der Waals surface area contributed by atoms with E-state index in [1.165, 1.54) is 29.2 Å². The molecule has 1 aromatic heterocycles. The van der Waals surface area contributed by atoms with E-state index in [0.717, 1.165) is 0 Å². The summed E-state index contributed by atoms with van der Waals surface area (Å²) in [6, 6.07) is 5.56. The molecule has 0 aliphatic carbocycles. The lowest BCUT2D eigenvalue weighted by atomic mass is 10.1. The monoisotopic (exact) mass is 371 g/mol. The van der Waals surface area contributed by atoms with Crippen LogP contribution in [-0.2, 0) is 15.7 Å². The van der Waals surface area contributed by atoms with E-state index in [-0.39, 0.29) is 36.6 Å². The van der Waals surface area contributed by atoms with E-state index in [1.807, 2.05) is 0 Å². The van der Waals surface area contributed by atoms with Gasteiger partial charge in [0, 0.05) is 17.7 Å². The van der Waals surface area contributed by atoms with Crippen LogP contribution in [0.25, 0.3) is 11.4 Å². The van der Waals surface area contributed by atoms with Crippen LogP contribution >= 0.6 is 0 Å². The number of aromatic nitrogens is 2. The summed E-state index contributed by atoms with van der Waals surface area (Å²) < 4.78 is 46.7. The van der Waals surface area contributed by atoms with E-state index in [1.54, 1.807) is 0 Å². The number of ether oxygens (including phenoxy) is 1. The highest BCUT2D eigenvalue weighted by Crippen LogP contribution is 2.29. The molecule has 1 amide bonds. The summed E-state index contributed by atoms with van der Waals surface area (Å²) in [6.07, 6.45) is -5.83. The first kappa shape index (κ1) is 17.9. The molecule has 1 aliphatic rings. The number of hydrogen-bond donors (Lipinski definition) is 1. The Balaban J connectivity index is 1.74. The number of amides is 1. The van der Waals surface area contributed by atoms with Crippen LogP contribution in [0.4, 0.5) is 13.2 Å². The summed E-state index contributed by atoms with van der Waals surface area (Å²) in [5, 5.41) is 12.2. The largest absolute Gasteiger partial charge is 0.479 e. The fourth-order valence-electron chi connectivity index (χ4n) is 2.38. The van der Waals surface area contributed by atoms with Crippen LogP contribution in [-0.4, -0.2) is 57.8 Å². The lowest BCUT2D eigenvalue weighted by Crippen LogP contribution is -2.48. The van der Waals surface area contributed by atoms with E-state index in [0.29, 0.717) is 0 Å². The third kappa shape index (κ3) is 3.67. The van der Waals surface area contributed by atoms with Crippen LogP contribution in [0.2, 0.25) is 0 Å². The summed E-state index contributed by atoms with van der Waals surface area (Å²) >= 11 is 0. The number of benzene rings is 1. The minimum atomic E-state index is -4.74. The van der Waals surface area contributed by atoms with Crippen molar-refractivity contribution in [1.82, 2.24) is 15.0 Å². The molecule has 0 bridgehead atoms. The molecule has 0 radical (unpaired) electrons. The van der Waals surface area contributed by atoms with E-state index in [4.69, 9.17) is 9.84 Å². The molecule has 2 aromatic rings. The van der Waals surface area contributed by atoms with Crippen molar-refractivity contribution in [3.63, 3.8) is 0 Å². The summed E-state index contributed by atoms with van der Waals surface area (Å²) in [4.78, 5) is 28.0. The van der Waals surface area contributed by atoms with Gasteiger partial charge in [-0.25, -0.2) is 4.79 Å². The minimum Gasteiger partial charge on any atom is -0.479 e. The molecule has 26 heavy (non-hydrogen) atoms. The number of hydrogen-bond acceptors (Lipinski definition) is 6. The van der Waals surface area contributed by atoms with Gasteiger partial charge < -0.3 is 19.3 Å². The quantitative estimate of drug-likeness (QED) is 0.875. The van der Waals surface area contributed by atoms with Crippen molar-refractivity contribution in [1.29, 1.82) is 0 Å². The maximum atomic E-state index is 12.5. The number of rotatable bonds is 3. The molecule has 1 aromatic carbocycles. The molecular formula is C15H12F3N3O5. The fourth-order valence-corrected chi connectivity index (χ4v) is 2.38. The Morgan fingerprint density at radius 3 is 2.50 bits per heavy atom. The van der Waals surface area contributed by atoms with Gasteiger partial charge in [0.25, 0.3) is 5.91 Å². The average molecular weight is 371 g/mol. The zero-order valence-corrected chi connectivity index (χ0v) is 13.1. The van der Waals surface area contributed by atoms with Gasteiger partial charge in [0.1, 0.15) is 0 Å². The summed E-state index contributed by atoms with van der Waals surface area (Å²) in [5.41, 5.74) is 0.491. The molecular weight excluding hydrogens is 359 g/mol. The highest BCUT2D eigenvalue weighted by Gasteiger charge is 2.38. The Labute approximate surface area is 144 Å². The van der Waals surface area contributed by atoms with Gasteiger partial charge in [-0.1, -0.05) is 17.3 Å². The SMILES string of the molecule is O=C(O)C1CN(C(=O)c2ccc(-c3noc(C(F)(F)F)n3)cc2)CCO1. The van der Waals surface area contributed by atoms with E-state index in [9.17, 15) is 22.8 Å². The molecule has 8 nitrogen and oxygen atoms in total. The molecule has 0 saturated carbocycles. The molecule has 1 aliphatic heterocycles. The number of halogens is 3. The van der Waals surface area contributed by atoms with Crippen molar-refractivity contribution in [2.75, 3.05) is 19.7 Å². The van der Waals surface area contributed by atoms with Crippen LogP contribution in [0, 0.1) is 0 Å². The number of carboxylic acids is 1. The molecule has 11 heteroatoms. The van der Waals surface area contributed by atoms with Crippen LogP contribution in [0.3, 0.4) is 0 Å². The van der Waals surface area contributed by atoms with Gasteiger partial charge >= 0.3 is 18.0 Å². The third-order valence-corrected chi connectivity index (χ3v) is 3.69. The topological polar surface area (TPSA) is 106 Å². The van der Waals surface area contributed by atoms with Gasteiger partial charge in [-0.2, -0.15) is 18.2 Å². The molecule has 1 fully saturated rings. The number of carboxylic acid groups (broad SMARTS) is 1. The first-order chi connectivity index (χ1) is 12.3. The number of alkyl halides is 3. The van der Waals surface area contributed by atoms with E-state index < -0.39 is 30.0 Å². The second-order valence-electron chi connectivity index (χ2n) is 5.45. The van der Waals surface area contributed by atoms with Crippen molar-refractivity contribution in [2.45, 2.75) is 12.3 Å². The lowest BCUT2D eigenvalue weighted by Gasteiger charge is -2.30. The second kappa shape index (κ2) is 6.75. The zero-order valence-electron chi connectivity index (χ0n) is 13.1. The molecule has 138 valence electrons. The minimum absolute atomic E-state index is 0.0876. The number of carbonyl (C=O) groups is 2. The predicted molar refractivity (Wildman–Crippen MR) is 78.0 cm³/mol. The van der Waals surface area contributed by atoms with Gasteiger partial charge in [0.05, 0.1) is 13.2 Å². The number of carbonyl (C=O) groups excluding carboxylic acids is 1. The fraction of sp³-hybridized carbons (Fsp3) is 0.333. The molecule has 3 rings (SSSR count). The summed E-state index contributed by atoms with van der Waals surface area (Å²) in [5.74, 6) is -3.28. The van der Waals surface area contributed by atoms with Gasteiger partial charge in [-0.3, -0.25) is 4.79 Å². The molecule has 1 saturated heterocycles. The highest BCUT2D eigenvalue weighted by molar-refractivity contribution is 5.95. The van der Waals surface area contributed by atoms with Crippen LogP contribution < -0.4 is 0 Å². The smallest absolute Gasteiger partial charge is 0.471 e. The normalized spacial score (nSPS) is 18.0. The first-order valence-corrected chi connectivity index (χ1v) is 7.41. The van der Waals surface area contributed by atoms with Crippen LogP contribution in [0.15, 0.2) is 28.8 Å². The third-order valence-electron chi connectivity index (χ3n) is 3.69. The maximum Gasteiger partial charge on any atom is 0.471 e. The Morgan fingerprint density at radius 2 is 1.92 bits per heavy atom. The Kier molecular flexibility index (Phi) is 4.64. The first-order valence-electron chi connectivity index (χ1n) is 7.41. The molecule has 1 unspecified atom stereocenters. The summed E-state index contributed by atoms with van der Waals surface area (Å²) in [7, 11) is 0. The van der Waals surface area contributed by atoms with Crippen molar-refractivity contribution >= 4 is 11.9 Å². The van der Waals surface area contributed by atoms with Crippen molar-refractivity contribution in [3.05, 3.63) is 35.7 Å². The second-order valence-corrected chi connectivity index (χ2v) is 5.45. The number of morpholine rings is 1. The van der Waals surface area contributed by atoms with Crippen LogP contribution in [0.1, 0.15) is 16.2 Å². The van der Waals surface area contributed by atoms with Crippen molar-refractivity contribution in [2.24, 2.45) is 0 Å². The van der Waals surface area contributed by atoms with Crippen molar-refractivity contribution in [3.8, 4) is 11.4 Å². The molecule has 2 heterocycles. The zero-order chi connectivity index (χ0) is 18.9. The Morgan fingerprint density at radius 1 is 1.23 bits per heavy atom. The van der Waals surface area contributed by atoms with Gasteiger partial charge in [-0.05, 0) is 12.1 Å². The Hall–Kier alpha value is -2.95. The maximum absolute atomic E-state index is 12.5. The van der Waals surface area contributed by atoms with Crippen molar-refractivity contribution < 1.29 is 37.1 Å². The number of aliphatic carboxylic acids is 1. The predicted octanol–water partition coefficient (Wildman–Crippen LogP) is 1.68. The summed E-state index contributed by atoms with van der Waals surface area (Å²) in [6.45, 7) is 0.254. The highest BCUT2D eigenvalue weighted by atomic mass is 19.4. The van der Waals surface area contributed by atoms with Crippen LogP contribution in [0.5, 0.6) is 0 Å². The number of nitrogens with zero attached hydrogens (tertiary/aromatic N) is 3. The molecule has 0 spiro atoms. The van der Waals surface area contributed by atoms with E-state index >= 15 is 0 Å².